The predicted octanol–water partition coefficient (Wildman–Crippen LogP) is 5.02. The Morgan fingerprint density at radius 3 is 2.41 bits per heavy atom. The Morgan fingerprint density at radius 2 is 1.77 bits per heavy atom. The predicted molar refractivity (Wildman–Crippen MR) is 88.7 cm³/mol. The first-order valence-electron chi connectivity index (χ1n) is 7.24. The van der Waals surface area contributed by atoms with E-state index in [2.05, 4.69) is 4.85 Å². The molecule has 0 atom stereocenters. The first-order chi connectivity index (χ1) is 10.6. The second-order valence-corrected chi connectivity index (χ2v) is 5.58. The van der Waals surface area contributed by atoms with Crippen LogP contribution in [0.4, 0.5) is 5.69 Å². The minimum atomic E-state index is -0.0382. The van der Waals surface area contributed by atoms with Crippen molar-refractivity contribution in [2.75, 3.05) is 0 Å². The second-order valence-electron chi connectivity index (χ2n) is 5.58. The maximum atomic E-state index is 12.5. The Kier molecular flexibility index (Phi) is 3.52. The van der Waals surface area contributed by atoms with Crippen molar-refractivity contribution in [3.63, 3.8) is 0 Å². The highest BCUT2D eigenvalue weighted by molar-refractivity contribution is 6.09. The number of fused-ring (bicyclic) bond motifs is 1. The van der Waals surface area contributed by atoms with E-state index in [-0.39, 0.29) is 11.7 Å². The molecule has 3 aromatic rings. The van der Waals surface area contributed by atoms with E-state index in [4.69, 9.17) is 6.57 Å². The molecular formula is C19H16N2O. The van der Waals surface area contributed by atoms with Crippen molar-refractivity contribution in [2.24, 2.45) is 5.92 Å². The number of hydrogen-bond acceptors (Lipinski definition) is 1. The molecule has 0 N–H and O–H groups in total. The van der Waals surface area contributed by atoms with Crippen LogP contribution in [0.2, 0.25) is 0 Å². The molecule has 1 heterocycles. The first kappa shape index (κ1) is 14.1. The van der Waals surface area contributed by atoms with Gasteiger partial charge >= 0.3 is 0 Å². The standard InChI is InChI=1S/C19H16N2O/c1-13(2)19(22)17-12-21(18-7-5-4-6-16(17)18)15-10-8-14(20-3)9-11-15/h4-13H,1-2H3. The average molecular weight is 288 g/mol. The van der Waals surface area contributed by atoms with Crippen LogP contribution in [0.3, 0.4) is 0 Å². The molecule has 22 heavy (non-hydrogen) atoms. The summed E-state index contributed by atoms with van der Waals surface area (Å²) < 4.78 is 2.01. The van der Waals surface area contributed by atoms with Crippen LogP contribution < -0.4 is 0 Å². The summed E-state index contributed by atoms with van der Waals surface area (Å²) in [6.07, 6.45) is 1.90. The number of nitrogens with zero attached hydrogens (tertiary/aromatic N) is 2. The van der Waals surface area contributed by atoms with Gasteiger partial charge in [-0.05, 0) is 18.2 Å². The Labute approximate surface area is 129 Å². The molecule has 3 rings (SSSR count). The highest BCUT2D eigenvalue weighted by Crippen LogP contribution is 2.27. The van der Waals surface area contributed by atoms with E-state index in [9.17, 15) is 4.79 Å². The number of benzene rings is 2. The summed E-state index contributed by atoms with van der Waals surface area (Å²) in [6, 6.07) is 15.3. The quantitative estimate of drug-likeness (QED) is 0.491. The van der Waals surface area contributed by atoms with E-state index in [1.807, 2.05) is 61.0 Å². The molecule has 0 spiro atoms. The average Bonchev–Trinajstić information content (AvgIpc) is 2.93. The molecule has 2 aromatic carbocycles. The van der Waals surface area contributed by atoms with Gasteiger partial charge in [0.15, 0.2) is 11.5 Å². The molecule has 0 aliphatic heterocycles. The summed E-state index contributed by atoms with van der Waals surface area (Å²) in [4.78, 5) is 15.9. The topological polar surface area (TPSA) is 26.4 Å². The van der Waals surface area contributed by atoms with Crippen molar-refractivity contribution in [1.82, 2.24) is 4.57 Å². The molecule has 3 nitrogen and oxygen atoms in total. The van der Waals surface area contributed by atoms with Crippen LogP contribution in [0.15, 0.2) is 54.7 Å². The van der Waals surface area contributed by atoms with E-state index < -0.39 is 0 Å². The van der Waals surface area contributed by atoms with Crippen LogP contribution in [0.25, 0.3) is 21.4 Å². The van der Waals surface area contributed by atoms with Crippen LogP contribution in [-0.2, 0) is 0 Å². The number of rotatable bonds is 3. The van der Waals surface area contributed by atoms with Crippen molar-refractivity contribution < 1.29 is 4.79 Å². The summed E-state index contributed by atoms with van der Waals surface area (Å²) >= 11 is 0. The largest absolute Gasteiger partial charge is 0.316 e. The zero-order valence-electron chi connectivity index (χ0n) is 12.6. The summed E-state index contributed by atoms with van der Waals surface area (Å²) in [5, 5.41) is 0.968. The van der Waals surface area contributed by atoms with Gasteiger partial charge in [-0.1, -0.05) is 44.2 Å². The van der Waals surface area contributed by atoms with E-state index in [1.54, 1.807) is 12.1 Å². The third-order valence-electron chi connectivity index (χ3n) is 3.76. The maximum Gasteiger partial charge on any atom is 0.187 e. The first-order valence-corrected chi connectivity index (χ1v) is 7.24. The molecule has 0 saturated carbocycles. The summed E-state index contributed by atoms with van der Waals surface area (Å²) in [5.41, 5.74) is 3.31. The fraction of sp³-hybridized carbons (Fsp3) is 0.158. The van der Waals surface area contributed by atoms with E-state index in [0.717, 1.165) is 22.2 Å². The van der Waals surface area contributed by atoms with Crippen LogP contribution in [0.5, 0.6) is 0 Å². The number of carbonyl (C=O) groups is 1. The molecule has 0 saturated heterocycles. The Hall–Kier alpha value is -2.86. The Morgan fingerprint density at radius 1 is 1.09 bits per heavy atom. The Bertz CT molecular complexity index is 880. The van der Waals surface area contributed by atoms with Crippen LogP contribution in [0.1, 0.15) is 24.2 Å². The van der Waals surface area contributed by atoms with Gasteiger partial charge in [0, 0.05) is 28.8 Å². The molecule has 1 aromatic heterocycles. The lowest BCUT2D eigenvalue weighted by Gasteiger charge is -2.05. The number of hydrogen-bond donors (Lipinski definition) is 0. The lowest BCUT2D eigenvalue weighted by atomic mass is 10.0. The highest BCUT2D eigenvalue weighted by atomic mass is 16.1. The van der Waals surface area contributed by atoms with Crippen molar-refractivity contribution >= 4 is 22.4 Å². The fourth-order valence-corrected chi connectivity index (χ4v) is 2.59. The molecule has 3 heteroatoms. The van der Waals surface area contributed by atoms with Crippen molar-refractivity contribution in [1.29, 1.82) is 0 Å². The molecule has 0 amide bonds. The third kappa shape index (κ3) is 2.29. The van der Waals surface area contributed by atoms with Gasteiger partial charge in [-0.3, -0.25) is 4.79 Å². The van der Waals surface area contributed by atoms with Gasteiger partial charge in [-0.25, -0.2) is 4.85 Å². The third-order valence-corrected chi connectivity index (χ3v) is 3.76. The van der Waals surface area contributed by atoms with Gasteiger partial charge in [-0.2, -0.15) is 0 Å². The second kappa shape index (κ2) is 5.50. The summed E-state index contributed by atoms with van der Waals surface area (Å²) in [7, 11) is 0. The van der Waals surface area contributed by atoms with Crippen molar-refractivity contribution in [2.45, 2.75) is 13.8 Å². The van der Waals surface area contributed by atoms with Gasteiger partial charge in [0.25, 0.3) is 0 Å². The van der Waals surface area contributed by atoms with E-state index in [0.29, 0.717) is 5.69 Å². The molecular weight excluding hydrogens is 272 g/mol. The molecule has 0 bridgehead atoms. The molecule has 108 valence electrons. The highest BCUT2D eigenvalue weighted by Gasteiger charge is 2.17. The van der Waals surface area contributed by atoms with Crippen LogP contribution >= 0.6 is 0 Å². The molecule has 0 unspecified atom stereocenters. The zero-order valence-corrected chi connectivity index (χ0v) is 12.6. The maximum absolute atomic E-state index is 12.5. The summed E-state index contributed by atoms with van der Waals surface area (Å²) in [6.45, 7) is 10.9. The van der Waals surface area contributed by atoms with Gasteiger partial charge in [0.05, 0.1) is 12.1 Å². The number of ketones is 1. The lowest BCUT2D eigenvalue weighted by Crippen LogP contribution is -2.06. The number of para-hydroxylation sites is 1. The molecule has 0 radical (unpaired) electrons. The lowest BCUT2D eigenvalue weighted by molar-refractivity contribution is 0.0941. The molecule has 0 fully saturated rings. The number of Topliss-reactive ketones (excluding diaryl/α,β-unsaturated/α-hetero) is 1. The minimum Gasteiger partial charge on any atom is -0.316 e. The van der Waals surface area contributed by atoms with Crippen LogP contribution in [-0.4, -0.2) is 10.4 Å². The van der Waals surface area contributed by atoms with Gasteiger partial charge < -0.3 is 4.57 Å². The van der Waals surface area contributed by atoms with Gasteiger partial charge in [0.1, 0.15) is 0 Å². The van der Waals surface area contributed by atoms with Gasteiger partial charge in [-0.15, -0.1) is 0 Å². The van der Waals surface area contributed by atoms with E-state index in [1.165, 1.54) is 0 Å². The fourth-order valence-electron chi connectivity index (χ4n) is 2.59. The van der Waals surface area contributed by atoms with Crippen molar-refractivity contribution in [3.8, 4) is 5.69 Å². The van der Waals surface area contributed by atoms with E-state index >= 15 is 0 Å². The minimum absolute atomic E-state index is 0.0382. The number of aromatic nitrogens is 1. The SMILES string of the molecule is [C-]#[N+]c1ccc(-n2cc(C(=O)C(C)C)c3ccccc32)cc1. The Balaban J connectivity index is 2.22. The van der Waals surface area contributed by atoms with Gasteiger partial charge in [0.2, 0.25) is 0 Å². The molecule has 0 aliphatic carbocycles. The smallest absolute Gasteiger partial charge is 0.187 e. The number of carbonyl (C=O) groups excluding carboxylic acids is 1. The normalized spacial score (nSPS) is 10.8. The molecule has 0 aliphatic rings. The zero-order chi connectivity index (χ0) is 15.7. The van der Waals surface area contributed by atoms with Crippen molar-refractivity contribution in [3.05, 3.63) is 71.7 Å². The summed E-state index contributed by atoms with van der Waals surface area (Å²) in [5.74, 6) is 0.108. The van der Waals surface area contributed by atoms with Crippen LogP contribution in [0, 0.1) is 12.5 Å². The monoisotopic (exact) mass is 288 g/mol.